The molecule has 24 heavy (non-hydrogen) atoms. The second-order valence-corrected chi connectivity index (χ2v) is 7.16. The van der Waals surface area contributed by atoms with Crippen LogP contribution in [0.5, 0.6) is 5.75 Å². The molecule has 0 amide bonds. The van der Waals surface area contributed by atoms with Gasteiger partial charge in [0.1, 0.15) is 18.0 Å². The lowest BCUT2D eigenvalue weighted by Crippen LogP contribution is -2.60. The van der Waals surface area contributed by atoms with E-state index in [9.17, 15) is 10.1 Å². The van der Waals surface area contributed by atoms with Crippen LogP contribution in [0, 0.1) is 10.1 Å². The molecular weight excluding hydrogens is 312 g/mol. The molecule has 2 aliphatic rings. The topological polar surface area (TPSA) is 74.1 Å². The van der Waals surface area contributed by atoms with Gasteiger partial charge in [-0.3, -0.25) is 15.0 Å². The van der Waals surface area contributed by atoms with Gasteiger partial charge in [-0.15, -0.1) is 0 Å². The van der Waals surface area contributed by atoms with E-state index in [0.717, 1.165) is 32.7 Å². The third-order valence-corrected chi connectivity index (χ3v) is 4.38. The number of morpholine rings is 1. The highest BCUT2D eigenvalue weighted by Gasteiger charge is 2.46. The minimum atomic E-state index is -0.415. The third kappa shape index (κ3) is 4.03. The molecule has 3 rings (SSSR count). The number of nitrogens with zero attached hydrogens (tertiary/aromatic N) is 2. The zero-order chi connectivity index (χ0) is 17.2. The number of nitro groups is 1. The van der Waals surface area contributed by atoms with Crippen molar-refractivity contribution < 1.29 is 19.1 Å². The van der Waals surface area contributed by atoms with Gasteiger partial charge >= 0.3 is 0 Å². The van der Waals surface area contributed by atoms with Crippen LogP contribution in [-0.2, 0) is 9.47 Å². The fourth-order valence-electron chi connectivity index (χ4n) is 3.58. The second kappa shape index (κ2) is 6.66. The van der Waals surface area contributed by atoms with Crippen LogP contribution in [0.1, 0.15) is 20.3 Å². The van der Waals surface area contributed by atoms with Gasteiger partial charge < -0.3 is 14.2 Å². The summed E-state index contributed by atoms with van der Waals surface area (Å²) in [7, 11) is 0. The molecule has 2 aliphatic heterocycles. The van der Waals surface area contributed by atoms with Crippen LogP contribution < -0.4 is 4.74 Å². The van der Waals surface area contributed by atoms with Crippen LogP contribution in [0.15, 0.2) is 24.3 Å². The Balaban J connectivity index is 1.56. The summed E-state index contributed by atoms with van der Waals surface area (Å²) in [6.45, 7) is 8.46. The lowest BCUT2D eigenvalue weighted by molar-refractivity contribution is -0.384. The zero-order valence-corrected chi connectivity index (χ0v) is 14.2. The van der Waals surface area contributed by atoms with Gasteiger partial charge in [-0.25, -0.2) is 0 Å². The van der Waals surface area contributed by atoms with Crippen molar-refractivity contribution in [3.05, 3.63) is 34.4 Å². The van der Waals surface area contributed by atoms with E-state index >= 15 is 0 Å². The lowest BCUT2D eigenvalue weighted by atomic mass is 9.95. The van der Waals surface area contributed by atoms with Crippen molar-refractivity contribution in [2.45, 2.75) is 31.5 Å². The van der Waals surface area contributed by atoms with Gasteiger partial charge in [0.05, 0.1) is 23.2 Å². The number of nitro benzene ring substituents is 1. The Morgan fingerprint density at radius 2 is 2.21 bits per heavy atom. The number of hydrogen-bond acceptors (Lipinski definition) is 6. The molecule has 2 fully saturated rings. The highest BCUT2D eigenvalue weighted by Crippen LogP contribution is 2.34. The summed E-state index contributed by atoms with van der Waals surface area (Å²) in [6, 6.07) is 6.29. The molecule has 7 heteroatoms. The van der Waals surface area contributed by atoms with E-state index in [1.165, 1.54) is 12.1 Å². The first-order valence-corrected chi connectivity index (χ1v) is 8.25. The molecule has 132 valence electrons. The van der Waals surface area contributed by atoms with Crippen LogP contribution in [0.2, 0.25) is 0 Å². The summed E-state index contributed by atoms with van der Waals surface area (Å²) >= 11 is 0. The largest absolute Gasteiger partial charge is 0.492 e. The van der Waals surface area contributed by atoms with Crippen molar-refractivity contribution in [3.63, 3.8) is 0 Å². The van der Waals surface area contributed by atoms with Crippen LogP contribution >= 0.6 is 0 Å². The molecule has 0 unspecified atom stereocenters. The van der Waals surface area contributed by atoms with Crippen LogP contribution in [0.4, 0.5) is 5.69 Å². The molecule has 1 atom stereocenters. The molecular formula is C17H24N2O5. The quantitative estimate of drug-likeness (QED) is 0.606. The molecule has 1 aromatic carbocycles. The monoisotopic (exact) mass is 336 g/mol. The summed E-state index contributed by atoms with van der Waals surface area (Å²) in [5, 5.41) is 10.8. The normalized spacial score (nSPS) is 26.6. The summed E-state index contributed by atoms with van der Waals surface area (Å²) < 4.78 is 17.5. The summed E-state index contributed by atoms with van der Waals surface area (Å²) in [5.74, 6) is 0.524. The van der Waals surface area contributed by atoms with Crippen molar-refractivity contribution in [2.75, 3.05) is 39.5 Å². The van der Waals surface area contributed by atoms with Gasteiger partial charge in [0.2, 0.25) is 0 Å². The Bertz CT molecular complexity index is 598. The summed E-state index contributed by atoms with van der Waals surface area (Å²) in [5.41, 5.74) is -0.396. The number of non-ortho nitro benzene ring substituents is 1. The van der Waals surface area contributed by atoms with E-state index in [0.29, 0.717) is 19.0 Å². The van der Waals surface area contributed by atoms with E-state index in [1.807, 2.05) is 0 Å². The van der Waals surface area contributed by atoms with E-state index in [2.05, 4.69) is 18.7 Å². The molecule has 7 nitrogen and oxygen atoms in total. The minimum absolute atomic E-state index is 0.0436. The maximum Gasteiger partial charge on any atom is 0.273 e. The molecule has 0 aliphatic carbocycles. The fourth-order valence-corrected chi connectivity index (χ4v) is 3.58. The Kier molecular flexibility index (Phi) is 4.76. The predicted molar refractivity (Wildman–Crippen MR) is 88.4 cm³/mol. The van der Waals surface area contributed by atoms with Crippen molar-refractivity contribution in [3.8, 4) is 5.75 Å². The molecule has 0 aromatic heterocycles. The Labute approximate surface area is 141 Å². The molecule has 1 aromatic rings. The number of ether oxygens (including phenoxy) is 3. The maximum absolute atomic E-state index is 10.8. The molecule has 0 N–H and O–H groups in total. The van der Waals surface area contributed by atoms with Gasteiger partial charge in [0.15, 0.2) is 0 Å². The van der Waals surface area contributed by atoms with E-state index < -0.39 is 4.92 Å². The highest BCUT2D eigenvalue weighted by molar-refractivity contribution is 5.37. The Morgan fingerprint density at radius 3 is 2.92 bits per heavy atom. The van der Waals surface area contributed by atoms with Gasteiger partial charge in [0.25, 0.3) is 5.69 Å². The smallest absolute Gasteiger partial charge is 0.273 e. The molecule has 1 spiro atoms. The van der Waals surface area contributed by atoms with Crippen molar-refractivity contribution in [2.24, 2.45) is 0 Å². The van der Waals surface area contributed by atoms with Crippen LogP contribution in [0.3, 0.4) is 0 Å². The maximum atomic E-state index is 10.8. The first-order valence-electron chi connectivity index (χ1n) is 8.25. The highest BCUT2D eigenvalue weighted by atomic mass is 16.6. The van der Waals surface area contributed by atoms with Crippen molar-refractivity contribution in [1.82, 2.24) is 4.90 Å². The van der Waals surface area contributed by atoms with Crippen molar-refractivity contribution >= 4 is 5.69 Å². The van der Waals surface area contributed by atoms with Crippen LogP contribution in [-0.4, -0.2) is 60.5 Å². The lowest BCUT2D eigenvalue weighted by Gasteiger charge is -2.48. The average molecular weight is 336 g/mol. The molecule has 0 radical (unpaired) electrons. The average Bonchev–Trinajstić information content (AvgIpc) is 2.93. The Morgan fingerprint density at radius 1 is 1.38 bits per heavy atom. The number of hydrogen-bond donors (Lipinski definition) is 0. The SMILES string of the molecule is CC1(C)CN(CCOc2cccc([N+](=O)[O-])c2)C[C@]2(CCOC2)O1. The second-order valence-electron chi connectivity index (χ2n) is 7.16. The number of rotatable bonds is 5. The summed E-state index contributed by atoms with van der Waals surface area (Å²) in [4.78, 5) is 12.7. The standard InChI is InChI=1S/C17H24N2O5/c1-16(2)11-18(12-17(24-16)6-8-22-13-17)7-9-23-15-5-3-4-14(10-15)19(20)21/h3-5,10H,6-9,11-13H2,1-2H3/t17-/m0/s1. The molecule has 2 heterocycles. The van der Waals surface area contributed by atoms with E-state index in [4.69, 9.17) is 14.2 Å². The Hall–Kier alpha value is -1.70. The minimum Gasteiger partial charge on any atom is -0.492 e. The van der Waals surface area contributed by atoms with Gasteiger partial charge in [0, 0.05) is 38.7 Å². The third-order valence-electron chi connectivity index (χ3n) is 4.38. The number of benzene rings is 1. The first kappa shape index (κ1) is 17.1. The van der Waals surface area contributed by atoms with Crippen LogP contribution in [0.25, 0.3) is 0 Å². The fraction of sp³-hybridized carbons (Fsp3) is 0.647. The van der Waals surface area contributed by atoms with Gasteiger partial charge in [-0.2, -0.15) is 0 Å². The zero-order valence-electron chi connectivity index (χ0n) is 14.2. The molecule has 0 bridgehead atoms. The van der Waals surface area contributed by atoms with E-state index in [1.54, 1.807) is 12.1 Å². The predicted octanol–water partition coefficient (Wildman–Crippen LogP) is 2.24. The molecule has 0 saturated carbocycles. The first-order chi connectivity index (χ1) is 11.4. The summed E-state index contributed by atoms with van der Waals surface area (Å²) in [6.07, 6.45) is 0.915. The molecule has 2 saturated heterocycles. The van der Waals surface area contributed by atoms with Gasteiger partial charge in [-0.05, 0) is 19.9 Å². The van der Waals surface area contributed by atoms with Crippen molar-refractivity contribution in [1.29, 1.82) is 0 Å². The van der Waals surface area contributed by atoms with E-state index in [-0.39, 0.29) is 16.9 Å². The van der Waals surface area contributed by atoms with Gasteiger partial charge in [-0.1, -0.05) is 6.07 Å².